The van der Waals surface area contributed by atoms with Crippen molar-refractivity contribution in [2.75, 3.05) is 0 Å². The van der Waals surface area contributed by atoms with Crippen molar-refractivity contribution in [3.8, 4) is 0 Å². The topological polar surface area (TPSA) is 65.8 Å². The maximum absolute atomic E-state index is 12.0. The Bertz CT molecular complexity index is 604. The van der Waals surface area contributed by atoms with E-state index in [1.807, 2.05) is 20.0 Å². The van der Waals surface area contributed by atoms with Crippen LogP contribution in [0.25, 0.3) is 0 Å². The molecule has 0 atom stereocenters. The molecular formula is C12H16N4O2. The second-order valence-electron chi connectivity index (χ2n) is 5.05. The summed E-state index contributed by atoms with van der Waals surface area (Å²) in [4.78, 5) is 16.3. The van der Waals surface area contributed by atoms with Crippen LogP contribution in [0.3, 0.4) is 0 Å². The van der Waals surface area contributed by atoms with E-state index in [0.717, 1.165) is 12.8 Å². The van der Waals surface area contributed by atoms with Crippen LogP contribution in [0.4, 0.5) is 0 Å². The van der Waals surface area contributed by atoms with Crippen LogP contribution >= 0.6 is 0 Å². The Balaban J connectivity index is 1.81. The first-order chi connectivity index (χ1) is 8.65. The molecule has 0 N–H and O–H groups in total. The minimum atomic E-state index is 0.00777. The van der Waals surface area contributed by atoms with E-state index in [1.165, 1.54) is 0 Å². The normalized spacial score (nSPS) is 15.5. The molecule has 6 nitrogen and oxygen atoms in total. The molecule has 3 rings (SSSR count). The number of nitrogens with zero attached hydrogens (tertiary/aromatic N) is 4. The van der Waals surface area contributed by atoms with E-state index in [9.17, 15) is 4.79 Å². The lowest BCUT2D eigenvalue weighted by Crippen LogP contribution is -2.24. The molecular weight excluding hydrogens is 232 g/mol. The zero-order valence-electron chi connectivity index (χ0n) is 10.5. The predicted octanol–water partition coefficient (Wildman–Crippen LogP) is 1.54. The standard InChI is InChI=1S/C12H16N4O2/c1-8(2)11-13-10(14-18-11)7-15-5-6-16(12(15)17)9-3-4-9/h5-6,8-9H,3-4,7H2,1-2H3. The van der Waals surface area contributed by atoms with Gasteiger partial charge in [-0.2, -0.15) is 4.98 Å². The number of rotatable bonds is 4. The van der Waals surface area contributed by atoms with E-state index in [2.05, 4.69) is 10.1 Å². The third kappa shape index (κ3) is 1.98. The first-order valence-electron chi connectivity index (χ1n) is 6.25. The molecule has 2 aromatic heterocycles. The maximum atomic E-state index is 12.0. The molecule has 6 heteroatoms. The number of imidazole rings is 1. The third-order valence-electron chi connectivity index (χ3n) is 3.10. The van der Waals surface area contributed by atoms with Gasteiger partial charge in [0.25, 0.3) is 0 Å². The molecule has 0 aliphatic heterocycles. The summed E-state index contributed by atoms with van der Waals surface area (Å²) in [5.74, 6) is 1.37. The van der Waals surface area contributed by atoms with Crippen LogP contribution in [0, 0.1) is 0 Å². The highest BCUT2D eigenvalue weighted by atomic mass is 16.5. The van der Waals surface area contributed by atoms with Gasteiger partial charge in [-0.15, -0.1) is 0 Å². The van der Waals surface area contributed by atoms with Gasteiger partial charge in [-0.3, -0.25) is 9.13 Å². The minimum Gasteiger partial charge on any atom is -0.339 e. The summed E-state index contributed by atoms with van der Waals surface area (Å²) in [5.41, 5.74) is 0.00777. The predicted molar refractivity (Wildman–Crippen MR) is 64.5 cm³/mol. The van der Waals surface area contributed by atoms with Gasteiger partial charge < -0.3 is 4.52 Å². The van der Waals surface area contributed by atoms with Crippen molar-refractivity contribution in [3.63, 3.8) is 0 Å². The largest absolute Gasteiger partial charge is 0.339 e. The second kappa shape index (κ2) is 4.12. The van der Waals surface area contributed by atoms with Crippen LogP contribution < -0.4 is 5.69 Å². The zero-order chi connectivity index (χ0) is 12.7. The molecule has 1 aliphatic carbocycles. The Kier molecular flexibility index (Phi) is 2.57. The van der Waals surface area contributed by atoms with E-state index in [0.29, 0.717) is 24.3 Å². The van der Waals surface area contributed by atoms with Gasteiger partial charge in [0.05, 0.1) is 6.54 Å². The molecule has 1 aliphatic rings. The van der Waals surface area contributed by atoms with Gasteiger partial charge in [0.2, 0.25) is 5.89 Å². The average molecular weight is 248 g/mol. The molecule has 0 aromatic carbocycles. The molecule has 2 heterocycles. The van der Waals surface area contributed by atoms with E-state index >= 15 is 0 Å². The fourth-order valence-corrected chi connectivity index (χ4v) is 1.90. The maximum Gasteiger partial charge on any atom is 0.328 e. The minimum absolute atomic E-state index is 0.00777. The molecule has 1 fully saturated rings. The highest BCUT2D eigenvalue weighted by Gasteiger charge is 2.25. The Labute approximate surface area is 104 Å². The van der Waals surface area contributed by atoms with Crippen LogP contribution in [0.5, 0.6) is 0 Å². The van der Waals surface area contributed by atoms with Crippen molar-refractivity contribution < 1.29 is 4.52 Å². The summed E-state index contributed by atoms with van der Waals surface area (Å²) in [5, 5.41) is 3.89. The summed E-state index contributed by atoms with van der Waals surface area (Å²) < 4.78 is 8.52. The van der Waals surface area contributed by atoms with Crippen LogP contribution in [0.15, 0.2) is 21.7 Å². The summed E-state index contributed by atoms with van der Waals surface area (Å²) >= 11 is 0. The van der Waals surface area contributed by atoms with Crippen molar-refractivity contribution in [1.82, 2.24) is 19.3 Å². The van der Waals surface area contributed by atoms with Crippen LogP contribution in [-0.4, -0.2) is 19.3 Å². The van der Waals surface area contributed by atoms with Crippen LogP contribution in [-0.2, 0) is 6.54 Å². The Hall–Kier alpha value is -1.85. The van der Waals surface area contributed by atoms with Crippen molar-refractivity contribution in [1.29, 1.82) is 0 Å². The quantitative estimate of drug-likeness (QED) is 0.823. The van der Waals surface area contributed by atoms with Gasteiger partial charge in [0, 0.05) is 24.4 Å². The molecule has 18 heavy (non-hydrogen) atoms. The Morgan fingerprint density at radius 1 is 1.44 bits per heavy atom. The van der Waals surface area contributed by atoms with Crippen LogP contribution in [0.1, 0.15) is 50.4 Å². The fraction of sp³-hybridized carbons (Fsp3) is 0.583. The molecule has 0 amide bonds. The molecule has 96 valence electrons. The average Bonchev–Trinajstić information content (AvgIpc) is 2.95. The lowest BCUT2D eigenvalue weighted by Gasteiger charge is -1.97. The highest BCUT2D eigenvalue weighted by Crippen LogP contribution is 2.33. The monoisotopic (exact) mass is 248 g/mol. The summed E-state index contributed by atoms with van der Waals surface area (Å²) in [6.45, 7) is 4.36. The SMILES string of the molecule is CC(C)c1nc(Cn2ccn(C3CC3)c2=O)no1. The Morgan fingerprint density at radius 2 is 2.22 bits per heavy atom. The van der Waals surface area contributed by atoms with Gasteiger partial charge in [0.15, 0.2) is 5.82 Å². The van der Waals surface area contributed by atoms with Crippen molar-refractivity contribution in [3.05, 3.63) is 34.6 Å². The molecule has 0 radical (unpaired) electrons. The van der Waals surface area contributed by atoms with E-state index in [4.69, 9.17) is 4.52 Å². The molecule has 0 saturated heterocycles. The fourth-order valence-electron chi connectivity index (χ4n) is 1.90. The van der Waals surface area contributed by atoms with Gasteiger partial charge in [0.1, 0.15) is 0 Å². The molecule has 0 bridgehead atoms. The molecule has 0 unspecified atom stereocenters. The lowest BCUT2D eigenvalue weighted by molar-refractivity contribution is 0.359. The highest BCUT2D eigenvalue weighted by molar-refractivity contribution is 4.96. The summed E-state index contributed by atoms with van der Waals surface area (Å²) in [6.07, 6.45) is 5.82. The molecule has 0 spiro atoms. The first-order valence-corrected chi connectivity index (χ1v) is 6.25. The second-order valence-corrected chi connectivity index (χ2v) is 5.05. The molecule has 2 aromatic rings. The summed E-state index contributed by atoms with van der Waals surface area (Å²) in [6, 6.07) is 0.398. The van der Waals surface area contributed by atoms with Gasteiger partial charge >= 0.3 is 5.69 Å². The van der Waals surface area contributed by atoms with Gasteiger partial charge in [-0.1, -0.05) is 19.0 Å². The lowest BCUT2D eigenvalue weighted by atomic mass is 10.2. The van der Waals surface area contributed by atoms with Gasteiger partial charge in [-0.05, 0) is 12.8 Å². The Morgan fingerprint density at radius 3 is 2.83 bits per heavy atom. The third-order valence-corrected chi connectivity index (χ3v) is 3.10. The molecule has 1 saturated carbocycles. The van der Waals surface area contributed by atoms with Crippen molar-refractivity contribution >= 4 is 0 Å². The summed E-state index contributed by atoms with van der Waals surface area (Å²) in [7, 11) is 0. The number of hydrogen-bond donors (Lipinski definition) is 0. The van der Waals surface area contributed by atoms with Crippen molar-refractivity contribution in [2.45, 2.75) is 45.2 Å². The van der Waals surface area contributed by atoms with Gasteiger partial charge in [-0.25, -0.2) is 4.79 Å². The van der Waals surface area contributed by atoms with E-state index in [1.54, 1.807) is 15.3 Å². The number of aromatic nitrogens is 4. The first kappa shape index (κ1) is 11.3. The number of hydrogen-bond acceptors (Lipinski definition) is 4. The van der Waals surface area contributed by atoms with E-state index in [-0.39, 0.29) is 11.6 Å². The van der Waals surface area contributed by atoms with Crippen molar-refractivity contribution in [2.24, 2.45) is 0 Å². The zero-order valence-corrected chi connectivity index (χ0v) is 10.5. The van der Waals surface area contributed by atoms with E-state index < -0.39 is 0 Å². The smallest absolute Gasteiger partial charge is 0.328 e. The van der Waals surface area contributed by atoms with Crippen LogP contribution in [0.2, 0.25) is 0 Å².